The fraction of sp³-hybridized carbons (Fsp3) is 0.400. The van der Waals surface area contributed by atoms with Crippen LogP contribution in [0.5, 0.6) is 0 Å². The summed E-state index contributed by atoms with van der Waals surface area (Å²) in [5.74, 6) is -0.173. The molecule has 1 aromatic carbocycles. The van der Waals surface area contributed by atoms with Crippen molar-refractivity contribution in [3.63, 3.8) is 0 Å². The highest BCUT2D eigenvalue weighted by Crippen LogP contribution is 2.29. The summed E-state index contributed by atoms with van der Waals surface area (Å²) in [5.41, 5.74) is 0.928. The minimum atomic E-state index is -0.452. The van der Waals surface area contributed by atoms with Gasteiger partial charge >= 0.3 is 0 Å². The first-order valence-corrected chi connectivity index (χ1v) is 7.21. The van der Waals surface area contributed by atoms with E-state index in [1.54, 1.807) is 12.1 Å². The van der Waals surface area contributed by atoms with Crippen LogP contribution in [-0.2, 0) is 0 Å². The van der Waals surface area contributed by atoms with Crippen molar-refractivity contribution in [3.05, 3.63) is 35.0 Å². The van der Waals surface area contributed by atoms with Crippen molar-refractivity contribution in [2.24, 2.45) is 0 Å². The lowest BCUT2D eigenvalue weighted by atomic mass is 9.99. The summed E-state index contributed by atoms with van der Waals surface area (Å²) in [6.45, 7) is -0.00913. The second-order valence-electron chi connectivity index (χ2n) is 5.51. The van der Waals surface area contributed by atoms with Gasteiger partial charge in [0.2, 0.25) is 0 Å². The Bertz CT molecular complexity index is 644. The van der Waals surface area contributed by atoms with Gasteiger partial charge in [0.1, 0.15) is 5.69 Å². The van der Waals surface area contributed by atoms with Crippen LogP contribution in [0.1, 0.15) is 36.2 Å². The maximum Gasteiger partial charge on any atom is 0.268 e. The van der Waals surface area contributed by atoms with E-state index in [1.807, 2.05) is 12.1 Å². The van der Waals surface area contributed by atoms with Gasteiger partial charge in [-0.1, -0.05) is 24.4 Å². The van der Waals surface area contributed by atoms with Crippen LogP contribution < -0.4 is 5.32 Å². The SMILES string of the molecule is O=C(NC1(CO)CCCC1)c1cc2cc(Cl)ccc2[nH]1. The Morgan fingerprint density at radius 1 is 1.35 bits per heavy atom. The van der Waals surface area contributed by atoms with E-state index < -0.39 is 5.54 Å². The predicted molar refractivity (Wildman–Crippen MR) is 79.1 cm³/mol. The molecule has 1 aliphatic rings. The molecule has 0 spiro atoms. The summed E-state index contributed by atoms with van der Waals surface area (Å²) in [7, 11) is 0. The fourth-order valence-electron chi connectivity index (χ4n) is 2.91. The van der Waals surface area contributed by atoms with Crippen LogP contribution in [0.2, 0.25) is 5.02 Å². The van der Waals surface area contributed by atoms with E-state index in [0.717, 1.165) is 36.6 Å². The van der Waals surface area contributed by atoms with E-state index >= 15 is 0 Å². The highest BCUT2D eigenvalue weighted by molar-refractivity contribution is 6.31. The molecule has 2 aromatic rings. The topological polar surface area (TPSA) is 65.1 Å². The lowest BCUT2D eigenvalue weighted by molar-refractivity contribution is 0.0834. The van der Waals surface area contributed by atoms with Gasteiger partial charge in [-0.05, 0) is 37.1 Å². The number of aliphatic hydroxyl groups is 1. The number of halogens is 1. The van der Waals surface area contributed by atoms with Crippen LogP contribution in [0.4, 0.5) is 0 Å². The highest BCUT2D eigenvalue weighted by atomic mass is 35.5. The minimum absolute atomic E-state index is 0.00913. The molecule has 0 atom stereocenters. The Balaban J connectivity index is 1.85. The van der Waals surface area contributed by atoms with Gasteiger partial charge in [0.25, 0.3) is 5.91 Å². The Hall–Kier alpha value is -1.52. The number of benzene rings is 1. The van der Waals surface area contributed by atoms with Crippen LogP contribution in [0, 0.1) is 0 Å². The third-order valence-electron chi connectivity index (χ3n) is 4.07. The van der Waals surface area contributed by atoms with E-state index in [0.29, 0.717) is 10.7 Å². The van der Waals surface area contributed by atoms with Gasteiger partial charge in [-0.15, -0.1) is 0 Å². The Kier molecular flexibility index (Phi) is 3.44. The van der Waals surface area contributed by atoms with E-state index in [-0.39, 0.29) is 12.5 Å². The molecule has 1 amide bonds. The number of fused-ring (bicyclic) bond motifs is 1. The number of H-pyrrole nitrogens is 1. The molecule has 5 heteroatoms. The molecule has 1 heterocycles. The molecule has 106 valence electrons. The summed E-state index contributed by atoms with van der Waals surface area (Å²) in [4.78, 5) is 15.4. The Morgan fingerprint density at radius 3 is 2.80 bits per heavy atom. The zero-order valence-electron chi connectivity index (χ0n) is 11.1. The van der Waals surface area contributed by atoms with E-state index in [4.69, 9.17) is 11.6 Å². The van der Waals surface area contributed by atoms with Crippen molar-refractivity contribution in [2.75, 3.05) is 6.61 Å². The van der Waals surface area contributed by atoms with Crippen LogP contribution in [-0.4, -0.2) is 28.1 Å². The summed E-state index contributed by atoms with van der Waals surface area (Å²) in [6, 6.07) is 7.25. The first-order valence-electron chi connectivity index (χ1n) is 6.84. The molecule has 0 radical (unpaired) electrons. The lowest BCUT2D eigenvalue weighted by Crippen LogP contribution is -2.49. The monoisotopic (exact) mass is 292 g/mol. The summed E-state index contributed by atoms with van der Waals surface area (Å²) < 4.78 is 0. The van der Waals surface area contributed by atoms with Gasteiger partial charge in [-0.2, -0.15) is 0 Å². The van der Waals surface area contributed by atoms with Crippen molar-refractivity contribution in [2.45, 2.75) is 31.2 Å². The molecule has 1 fully saturated rings. The molecule has 3 rings (SSSR count). The van der Waals surface area contributed by atoms with Crippen LogP contribution in [0.15, 0.2) is 24.3 Å². The van der Waals surface area contributed by atoms with Crippen molar-refractivity contribution in [1.82, 2.24) is 10.3 Å². The second-order valence-corrected chi connectivity index (χ2v) is 5.95. The number of hydrogen-bond donors (Lipinski definition) is 3. The van der Waals surface area contributed by atoms with Crippen molar-refractivity contribution < 1.29 is 9.90 Å². The first-order chi connectivity index (χ1) is 9.62. The number of aromatic nitrogens is 1. The van der Waals surface area contributed by atoms with Crippen molar-refractivity contribution in [1.29, 1.82) is 0 Å². The van der Waals surface area contributed by atoms with E-state index in [1.165, 1.54) is 0 Å². The van der Waals surface area contributed by atoms with Gasteiger partial charge < -0.3 is 15.4 Å². The number of carbonyl (C=O) groups is 1. The van der Waals surface area contributed by atoms with E-state index in [9.17, 15) is 9.90 Å². The average molecular weight is 293 g/mol. The lowest BCUT2D eigenvalue weighted by Gasteiger charge is -2.27. The quantitative estimate of drug-likeness (QED) is 0.814. The standard InChI is InChI=1S/C15H17ClN2O2/c16-11-3-4-12-10(7-11)8-13(17-12)14(20)18-15(9-19)5-1-2-6-15/h3-4,7-8,17,19H,1-2,5-6,9H2,(H,18,20). The largest absolute Gasteiger partial charge is 0.394 e. The number of carbonyl (C=O) groups excluding carboxylic acids is 1. The highest BCUT2D eigenvalue weighted by Gasteiger charge is 2.35. The summed E-state index contributed by atoms with van der Waals surface area (Å²) >= 11 is 5.94. The molecule has 0 aliphatic heterocycles. The van der Waals surface area contributed by atoms with Crippen LogP contribution in [0.25, 0.3) is 10.9 Å². The first kappa shape index (κ1) is 13.5. The molecular weight excluding hydrogens is 276 g/mol. The minimum Gasteiger partial charge on any atom is -0.394 e. The number of amides is 1. The maximum absolute atomic E-state index is 12.3. The molecule has 1 aromatic heterocycles. The van der Waals surface area contributed by atoms with Gasteiger partial charge in [-0.25, -0.2) is 0 Å². The molecule has 0 bridgehead atoms. The summed E-state index contributed by atoms with van der Waals surface area (Å²) in [5, 5.41) is 14.1. The molecular formula is C15H17ClN2O2. The third kappa shape index (κ3) is 2.41. The molecule has 1 aliphatic carbocycles. The number of aromatic amines is 1. The zero-order chi connectivity index (χ0) is 14.2. The molecule has 4 nitrogen and oxygen atoms in total. The molecule has 3 N–H and O–H groups in total. The van der Waals surface area contributed by atoms with Crippen molar-refractivity contribution in [3.8, 4) is 0 Å². The van der Waals surface area contributed by atoms with Crippen LogP contribution in [0.3, 0.4) is 0 Å². The maximum atomic E-state index is 12.3. The fourth-order valence-corrected chi connectivity index (χ4v) is 3.09. The van der Waals surface area contributed by atoms with Crippen LogP contribution >= 0.6 is 11.6 Å². The Labute approximate surface area is 122 Å². The Morgan fingerprint density at radius 2 is 2.10 bits per heavy atom. The van der Waals surface area contributed by atoms with Gasteiger partial charge in [0.15, 0.2) is 0 Å². The second kappa shape index (κ2) is 5.11. The van der Waals surface area contributed by atoms with Gasteiger partial charge in [0.05, 0.1) is 12.1 Å². The van der Waals surface area contributed by atoms with Gasteiger partial charge in [-0.3, -0.25) is 4.79 Å². The van der Waals surface area contributed by atoms with E-state index in [2.05, 4.69) is 10.3 Å². The molecule has 0 unspecified atom stereocenters. The predicted octanol–water partition coefficient (Wildman–Crippen LogP) is 2.86. The zero-order valence-corrected chi connectivity index (χ0v) is 11.8. The number of rotatable bonds is 3. The van der Waals surface area contributed by atoms with Gasteiger partial charge in [0, 0.05) is 15.9 Å². The average Bonchev–Trinajstić information content (AvgIpc) is 3.05. The number of hydrogen-bond acceptors (Lipinski definition) is 2. The molecule has 1 saturated carbocycles. The van der Waals surface area contributed by atoms with Crippen molar-refractivity contribution >= 4 is 28.4 Å². The smallest absolute Gasteiger partial charge is 0.268 e. The third-order valence-corrected chi connectivity index (χ3v) is 4.30. The number of nitrogens with one attached hydrogen (secondary N) is 2. The normalized spacial score (nSPS) is 17.5. The molecule has 20 heavy (non-hydrogen) atoms. The summed E-state index contributed by atoms with van der Waals surface area (Å²) in [6.07, 6.45) is 3.76. The molecule has 0 saturated heterocycles. The number of aliphatic hydroxyl groups excluding tert-OH is 1.